The van der Waals surface area contributed by atoms with Gasteiger partial charge in [0.1, 0.15) is 5.60 Å². The number of fused-ring (bicyclic) bond motifs is 3. The zero-order valence-electron chi connectivity index (χ0n) is 15.9. The second kappa shape index (κ2) is 7.10. The predicted molar refractivity (Wildman–Crippen MR) is 104 cm³/mol. The first-order valence-electron chi connectivity index (χ1n) is 9.89. The number of aryl methyl sites for hydroxylation is 1. The summed E-state index contributed by atoms with van der Waals surface area (Å²) in [6.07, 6.45) is 3.27. The largest absolute Gasteiger partial charge is 0.456 e. The molecule has 1 N–H and O–H groups in total. The highest BCUT2D eigenvalue weighted by molar-refractivity contribution is 5.86. The lowest BCUT2D eigenvalue weighted by Crippen LogP contribution is -2.56. The van der Waals surface area contributed by atoms with Crippen LogP contribution >= 0.6 is 0 Å². The van der Waals surface area contributed by atoms with Gasteiger partial charge in [0.2, 0.25) is 5.60 Å². The number of rotatable bonds is 5. The molecule has 4 heteroatoms. The summed E-state index contributed by atoms with van der Waals surface area (Å²) in [5.41, 5.74) is -0.0990. The van der Waals surface area contributed by atoms with Crippen LogP contribution in [0.3, 0.4) is 0 Å². The minimum absolute atomic E-state index is 0.435. The molecule has 2 aromatic rings. The van der Waals surface area contributed by atoms with Crippen molar-refractivity contribution >= 4 is 5.97 Å². The normalized spacial score (nSPS) is 26.4. The van der Waals surface area contributed by atoms with Crippen molar-refractivity contribution in [3.8, 4) is 0 Å². The van der Waals surface area contributed by atoms with Crippen LogP contribution in [0.2, 0.25) is 0 Å². The standard InChI is InChI=1S/C23H27NO3/c1-2-18-8-6-7-11-20(18)23(26,19-9-4-3-5-10-19)21(25)27-22-12-15-24(16-13-22)17-14-22/h3-11,26H,2,12-17H2,1H3. The van der Waals surface area contributed by atoms with E-state index in [0.717, 1.165) is 50.9 Å². The second-order valence-corrected chi connectivity index (χ2v) is 7.75. The summed E-state index contributed by atoms with van der Waals surface area (Å²) in [6, 6.07) is 16.8. The number of nitrogens with zero attached hydrogens (tertiary/aromatic N) is 1. The lowest BCUT2D eigenvalue weighted by atomic mass is 9.80. The highest BCUT2D eigenvalue weighted by Crippen LogP contribution is 2.40. The number of carbonyl (C=O) groups is 1. The minimum atomic E-state index is -1.79. The molecule has 3 saturated heterocycles. The van der Waals surface area contributed by atoms with E-state index in [4.69, 9.17) is 4.74 Å². The van der Waals surface area contributed by atoms with Crippen molar-refractivity contribution in [2.24, 2.45) is 0 Å². The number of piperidine rings is 3. The van der Waals surface area contributed by atoms with Gasteiger partial charge in [-0.2, -0.15) is 0 Å². The van der Waals surface area contributed by atoms with Crippen LogP contribution in [0.4, 0.5) is 0 Å². The molecule has 0 saturated carbocycles. The van der Waals surface area contributed by atoms with Crippen LogP contribution in [0, 0.1) is 0 Å². The van der Waals surface area contributed by atoms with Gasteiger partial charge in [-0.05, 0) is 17.5 Å². The van der Waals surface area contributed by atoms with Gasteiger partial charge in [0, 0.05) is 44.5 Å². The molecule has 2 aromatic carbocycles. The van der Waals surface area contributed by atoms with Crippen LogP contribution in [0.5, 0.6) is 0 Å². The van der Waals surface area contributed by atoms with Crippen LogP contribution in [0.1, 0.15) is 42.9 Å². The number of aliphatic hydroxyl groups is 1. The third-order valence-corrected chi connectivity index (χ3v) is 6.24. The van der Waals surface area contributed by atoms with Crippen LogP contribution < -0.4 is 0 Å². The Kier molecular flexibility index (Phi) is 4.79. The number of hydrogen-bond acceptors (Lipinski definition) is 4. The number of hydrogen-bond donors (Lipinski definition) is 1. The SMILES string of the molecule is CCc1ccccc1C(O)(C(=O)OC12CCN(CC1)CC2)c1ccccc1. The molecule has 3 heterocycles. The number of benzene rings is 2. The summed E-state index contributed by atoms with van der Waals surface area (Å²) in [5, 5.41) is 11.8. The fraction of sp³-hybridized carbons (Fsp3) is 0.435. The molecule has 1 atom stereocenters. The molecule has 3 aliphatic rings. The maximum absolute atomic E-state index is 13.5. The van der Waals surface area contributed by atoms with Crippen molar-refractivity contribution in [2.75, 3.05) is 19.6 Å². The van der Waals surface area contributed by atoms with Crippen molar-refractivity contribution < 1.29 is 14.6 Å². The molecule has 27 heavy (non-hydrogen) atoms. The third kappa shape index (κ3) is 3.17. The summed E-state index contributed by atoms with van der Waals surface area (Å²) < 4.78 is 6.12. The monoisotopic (exact) mass is 365 g/mol. The number of carbonyl (C=O) groups excluding carboxylic acids is 1. The van der Waals surface area contributed by atoms with Gasteiger partial charge in [0.05, 0.1) is 0 Å². The van der Waals surface area contributed by atoms with E-state index in [9.17, 15) is 9.90 Å². The molecular formula is C23H27NO3. The molecule has 142 valence electrons. The minimum Gasteiger partial charge on any atom is -0.456 e. The molecule has 2 bridgehead atoms. The Hall–Kier alpha value is -2.17. The molecular weight excluding hydrogens is 338 g/mol. The molecule has 1 unspecified atom stereocenters. The average molecular weight is 365 g/mol. The van der Waals surface area contributed by atoms with Crippen molar-refractivity contribution in [3.63, 3.8) is 0 Å². The summed E-state index contributed by atoms with van der Waals surface area (Å²) >= 11 is 0. The van der Waals surface area contributed by atoms with Gasteiger partial charge in [-0.3, -0.25) is 0 Å². The van der Waals surface area contributed by atoms with E-state index in [1.807, 2.05) is 49.4 Å². The Morgan fingerprint density at radius 2 is 1.63 bits per heavy atom. The lowest BCUT2D eigenvalue weighted by molar-refractivity contribution is -0.190. The molecule has 3 fully saturated rings. The van der Waals surface area contributed by atoms with Crippen LogP contribution in [-0.2, 0) is 21.6 Å². The molecule has 0 amide bonds. The highest BCUT2D eigenvalue weighted by Gasteiger charge is 2.49. The topological polar surface area (TPSA) is 49.8 Å². The molecule has 0 radical (unpaired) electrons. The van der Waals surface area contributed by atoms with E-state index in [-0.39, 0.29) is 0 Å². The van der Waals surface area contributed by atoms with Crippen molar-refractivity contribution in [2.45, 2.75) is 43.8 Å². The first-order chi connectivity index (χ1) is 13.1. The summed E-state index contributed by atoms with van der Waals surface area (Å²) in [7, 11) is 0. The number of esters is 1. The molecule has 5 rings (SSSR count). The lowest BCUT2D eigenvalue weighted by Gasteiger charge is -2.48. The predicted octanol–water partition coefficient (Wildman–Crippen LogP) is 3.27. The maximum Gasteiger partial charge on any atom is 0.348 e. The Morgan fingerprint density at radius 1 is 1.04 bits per heavy atom. The van der Waals surface area contributed by atoms with E-state index in [1.54, 1.807) is 12.1 Å². The second-order valence-electron chi connectivity index (χ2n) is 7.75. The van der Waals surface area contributed by atoms with Gasteiger partial charge < -0.3 is 14.7 Å². The van der Waals surface area contributed by atoms with E-state index in [1.165, 1.54) is 0 Å². The summed E-state index contributed by atoms with van der Waals surface area (Å²) in [4.78, 5) is 15.9. The highest BCUT2D eigenvalue weighted by atomic mass is 16.6. The van der Waals surface area contributed by atoms with E-state index >= 15 is 0 Å². The molecule has 0 aromatic heterocycles. The maximum atomic E-state index is 13.5. The van der Waals surface area contributed by atoms with Crippen molar-refractivity contribution in [1.29, 1.82) is 0 Å². The average Bonchev–Trinajstić information content (AvgIpc) is 2.74. The van der Waals surface area contributed by atoms with Gasteiger partial charge in [0.15, 0.2) is 0 Å². The zero-order chi connectivity index (χ0) is 18.9. The van der Waals surface area contributed by atoms with Crippen LogP contribution in [0.15, 0.2) is 54.6 Å². The number of ether oxygens (including phenoxy) is 1. The molecule has 3 aliphatic heterocycles. The molecule has 4 nitrogen and oxygen atoms in total. The third-order valence-electron chi connectivity index (χ3n) is 6.24. The first-order valence-corrected chi connectivity index (χ1v) is 9.89. The van der Waals surface area contributed by atoms with E-state index in [2.05, 4.69) is 4.90 Å². The first kappa shape index (κ1) is 18.2. The Balaban J connectivity index is 1.75. The quantitative estimate of drug-likeness (QED) is 0.827. The molecule has 0 spiro atoms. The smallest absolute Gasteiger partial charge is 0.348 e. The Bertz CT molecular complexity index is 798. The Labute approximate surface area is 160 Å². The van der Waals surface area contributed by atoms with Gasteiger partial charge in [0.25, 0.3) is 0 Å². The van der Waals surface area contributed by atoms with Crippen LogP contribution in [-0.4, -0.2) is 41.2 Å². The fourth-order valence-electron chi connectivity index (χ4n) is 4.46. The zero-order valence-corrected chi connectivity index (χ0v) is 15.9. The van der Waals surface area contributed by atoms with Crippen molar-refractivity contribution in [3.05, 3.63) is 71.3 Å². The Morgan fingerprint density at radius 3 is 2.26 bits per heavy atom. The summed E-state index contributed by atoms with van der Waals surface area (Å²) in [6.45, 7) is 4.92. The van der Waals surface area contributed by atoms with Gasteiger partial charge in [-0.1, -0.05) is 61.5 Å². The van der Waals surface area contributed by atoms with Gasteiger partial charge >= 0.3 is 5.97 Å². The summed E-state index contributed by atoms with van der Waals surface area (Å²) in [5.74, 6) is -0.551. The fourth-order valence-corrected chi connectivity index (χ4v) is 4.46. The van der Waals surface area contributed by atoms with Crippen molar-refractivity contribution in [1.82, 2.24) is 4.90 Å². The van der Waals surface area contributed by atoms with Gasteiger partial charge in [-0.25, -0.2) is 4.79 Å². The molecule has 0 aliphatic carbocycles. The van der Waals surface area contributed by atoms with Gasteiger partial charge in [-0.15, -0.1) is 0 Å². The van der Waals surface area contributed by atoms with E-state index < -0.39 is 17.2 Å². The van der Waals surface area contributed by atoms with Crippen LogP contribution in [0.25, 0.3) is 0 Å². The van der Waals surface area contributed by atoms with E-state index in [0.29, 0.717) is 11.1 Å².